The van der Waals surface area contributed by atoms with Crippen molar-refractivity contribution in [1.29, 1.82) is 0 Å². The van der Waals surface area contributed by atoms with Gasteiger partial charge in [-0.25, -0.2) is 0 Å². The fourth-order valence-electron chi connectivity index (χ4n) is 1.65. The van der Waals surface area contributed by atoms with E-state index in [2.05, 4.69) is 24.1 Å². The molecule has 0 aromatic carbocycles. The van der Waals surface area contributed by atoms with E-state index >= 15 is 0 Å². The number of rotatable bonds is 6. The first-order valence-electron chi connectivity index (χ1n) is 5.85. The highest BCUT2D eigenvalue weighted by Gasteiger charge is 2.06. The molecule has 1 aromatic rings. The van der Waals surface area contributed by atoms with E-state index in [0.29, 0.717) is 5.92 Å². The molecule has 1 heterocycles. The van der Waals surface area contributed by atoms with Gasteiger partial charge in [0.1, 0.15) is 0 Å². The molecule has 0 saturated heterocycles. The van der Waals surface area contributed by atoms with E-state index < -0.39 is 0 Å². The number of pyridine rings is 1. The van der Waals surface area contributed by atoms with Crippen LogP contribution < -0.4 is 5.32 Å². The molecule has 0 saturated carbocycles. The highest BCUT2D eigenvalue weighted by Crippen LogP contribution is 2.09. The summed E-state index contributed by atoms with van der Waals surface area (Å²) in [6, 6.07) is 6.07. The summed E-state index contributed by atoms with van der Waals surface area (Å²) >= 11 is 6.19. The highest BCUT2D eigenvalue weighted by molar-refractivity contribution is 6.20. The molecule has 1 rings (SSSR count). The van der Waals surface area contributed by atoms with Gasteiger partial charge in [0.2, 0.25) is 0 Å². The Balaban J connectivity index is 2.25. The Morgan fingerprint density at radius 3 is 2.75 bits per heavy atom. The molecule has 1 unspecified atom stereocenters. The third kappa shape index (κ3) is 5.47. The molecule has 0 aliphatic carbocycles. The van der Waals surface area contributed by atoms with E-state index in [0.717, 1.165) is 30.9 Å². The highest BCUT2D eigenvalue weighted by atomic mass is 35.5. The number of aromatic nitrogens is 1. The van der Waals surface area contributed by atoms with Gasteiger partial charge in [-0.2, -0.15) is 0 Å². The first-order valence-corrected chi connectivity index (χ1v) is 6.29. The van der Waals surface area contributed by atoms with Gasteiger partial charge in [-0.05, 0) is 31.4 Å². The van der Waals surface area contributed by atoms with Crippen LogP contribution in [0.3, 0.4) is 0 Å². The van der Waals surface area contributed by atoms with Crippen molar-refractivity contribution in [3.63, 3.8) is 0 Å². The van der Waals surface area contributed by atoms with Gasteiger partial charge in [-0.3, -0.25) is 4.98 Å². The predicted octanol–water partition coefficient (Wildman–Crippen LogP) is 3.13. The van der Waals surface area contributed by atoms with Crippen molar-refractivity contribution in [2.24, 2.45) is 5.92 Å². The van der Waals surface area contributed by atoms with Gasteiger partial charge in [0.15, 0.2) is 0 Å². The molecule has 90 valence electrons. The standard InChI is InChI=1S/C13H21ClN2/c1-10(2)7-12(14)8-15-9-13-6-4-5-11(3)16-13/h4-6,10,12,15H,7-9H2,1-3H3. The van der Waals surface area contributed by atoms with Gasteiger partial charge in [-0.15, -0.1) is 11.6 Å². The Hall–Kier alpha value is -0.600. The van der Waals surface area contributed by atoms with Crippen molar-refractivity contribution in [2.45, 2.75) is 39.1 Å². The average Bonchev–Trinajstić information content (AvgIpc) is 2.16. The molecule has 0 fully saturated rings. The molecule has 3 heteroatoms. The second kappa shape index (κ2) is 6.87. The fraction of sp³-hybridized carbons (Fsp3) is 0.615. The van der Waals surface area contributed by atoms with Crippen molar-refractivity contribution in [3.8, 4) is 0 Å². The van der Waals surface area contributed by atoms with Gasteiger partial charge in [0, 0.05) is 24.2 Å². The van der Waals surface area contributed by atoms with E-state index in [9.17, 15) is 0 Å². The monoisotopic (exact) mass is 240 g/mol. The maximum Gasteiger partial charge on any atom is 0.0544 e. The Kier molecular flexibility index (Phi) is 5.78. The maximum atomic E-state index is 6.19. The minimum Gasteiger partial charge on any atom is -0.310 e. The van der Waals surface area contributed by atoms with Crippen molar-refractivity contribution in [1.82, 2.24) is 10.3 Å². The van der Waals surface area contributed by atoms with Crippen molar-refractivity contribution < 1.29 is 0 Å². The molecule has 0 spiro atoms. The number of hydrogen-bond donors (Lipinski definition) is 1. The summed E-state index contributed by atoms with van der Waals surface area (Å²) < 4.78 is 0. The number of aryl methyl sites for hydroxylation is 1. The maximum absolute atomic E-state index is 6.19. The predicted molar refractivity (Wildman–Crippen MR) is 69.8 cm³/mol. The summed E-state index contributed by atoms with van der Waals surface area (Å²) in [6.07, 6.45) is 1.05. The van der Waals surface area contributed by atoms with E-state index in [4.69, 9.17) is 11.6 Å². The zero-order chi connectivity index (χ0) is 12.0. The quantitative estimate of drug-likeness (QED) is 0.773. The molecule has 16 heavy (non-hydrogen) atoms. The molecular formula is C13H21ClN2. The van der Waals surface area contributed by atoms with Gasteiger partial charge in [0.25, 0.3) is 0 Å². The Labute approximate surface area is 103 Å². The lowest BCUT2D eigenvalue weighted by molar-refractivity contribution is 0.532. The molecule has 2 nitrogen and oxygen atoms in total. The van der Waals surface area contributed by atoms with Crippen LogP contribution in [0.5, 0.6) is 0 Å². The summed E-state index contributed by atoms with van der Waals surface area (Å²) in [7, 11) is 0. The third-order valence-electron chi connectivity index (χ3n) is 2.35. The first kappa shape index (κ1) is 13.5. The molecule has 1 N–H and O–H groups in total. The van der Waals surface area contributed by atoms with Crippen molar-refractivity contribution in [2.75, 3.05) is 6.54 Å². The van der Waals surface area contributed by atoms with Crippen LogP contribution in [0.4, 0.5) is 0 Å². The summed E-state index contributed by atoms with van der Waals surface area (Å²) in [4.78, 5) is 4.43. The molecule has 0 amide bonds. The van der Waals surface area contributed by atoms with Gasteiger partial charge in [-0.1, -0.05) is 19.9 Å². The molecule has 1 aromatic heterocycles. The second-order valence-electron chi connectivity index (χ2n) is 4.63. The lowest BCUT2D eigenvalue weighted by atomic mass is 10.1. The van der Waals surface area contributed by atoms with E-state index in [-0.39, 0.29) is 5.38 Å². The van der Waals surface area contributed by atoms with Crippen LogP contribution in [0, 0.1) is 12.8 Å². The molecule has 0 radical (unpaired) electrons. The van der Waals surface area contributed by atoms with Crippen LogP contribution in [0.25, 0.3) is 0 Å². The summed E-state index contributed by atoms with van der Waals surface area (Å²) in [5.74, 6) is 0.654. The van der Waals surface area contributed by atoms with Crippen LogP contribution >= 0.6 is 11.6 Å². The molecular weight excluding hydrogens is 220 g/mol. The normalized spacial score (nSPS) is 13.1. The minimum atomic E-state index is 0.213. The van der Waals surface area contributed by atoms with Crippen LogP contribution in [-0.4, -0.2) is 16.9 Å². The molecule has 1 atom stereocenters. The fourth-order valence-corrected chi connectivity index (χ4v) is 2.12. The summed E-state index contributed by atoms with van der Waals surface area (Å²) in [5, 5.41) is 3.55. The SMILES string of the molecule is Cc1cccc(CNCC(Cl)CC(C)C)n1. The van der Waals surface area contributed by atoms with Gasteiger partial charge in [0.05, 0.1) is 5.69 Å². The number of halogens is 1. The summed E-state index contributed by atoms with van der Waals surface area (Å²) in [6.45, 7) is 8.03. The van der Waals surface area contributed by atoms with Crippen LogP contribution in [0.15, 0.2) is 18.2 Å². The molecule has 0 bridgehead atoms. The topological polar surface area (TPSA) is 24.9 Å². The van der Waals surface area contributed by atoms with Crippen LogP contribution in [-0.2, 0) is 6.54 Å². The minimum absolute atomic E-state index is 0.213. The lowest BCUT2D eigenvalue weighted by Gasteiger charge is -2.12. The third-order valence-corrected chi connectivity index (χ3v) is 2.68. The van der Waals surface area contributed by atoms with Crippen LogP contribution in [0.2, 0.25) is 0 Å². The van der Waals surface area contributed by atoms with Crippen molar-refractivity contribution >= 4 is 11.6 Å². The Morgan fingerprint density at radius 1 is 1.38 bits per heavy atom. The molecule has 0 aliphatic rings. The molecule has 0 aliphatic heterocycles. The lowest BCUT2D eigenvalue weighted by Crippen LogP contribution is -2.24. The van der Waals surface area contributed by atoms with E-state index in [1.54, 1.807) is 0 Å². The number of alkyl halides is 1. The Morgan fingerprint density at radius 2 is 2.12 bits per heavy atom. The smallest absolute Gasteiger partial charge is 0.0544 e. The second-order valence-corrected chi connectivity index (χ2v) is 5.25. The van der Waals surface area contributed by atoms with Gasteiger partial charge >= 0.3 is 0 Å². The largest absolute Gasteiger partial charge is 0.310 e. The Bertz CT molecular complexity index is 313. The number of hydrogen-bond acceptors (Lipinski definition) is 2. The first-order chi connectivity index (χ1) is 7.58. The number of nitrogens with zero attached hydrogens (tertiary/aromatic N) is 1. The van der Waals surface area contributed by atoms with E-state index in [1.807, 2.05) is 25.1 Å². The zero-order valence-electron chi connectivity index (χ0n) is 10.3. The average molecular weight is 241 g/mol. The van der Waals surface area contributed by atoms with E-state index in [1.165, 1.54) is 0 Å². The summed E-state index contributed by atoms with van der Waals surface area (Å²) in [5.41, 5.74) is 2.14. The van der Waals surface area contributed by atoms with Gasteiger partial charge < -0.3 is 5.32 Å². The number of nitrogens with one attached hydrogen (secondary N) is 1. The zero-order valence-corrected chi connectivity index (χ0v) is 11.1. The van der Waals surface area contributed by atoms with Crippen LogP contribution in [0.1, 0.15) is 31.7 Å². The van der Waals surface area contributed by atoms with Crippen molar-refractivity contribution in [3.05, 3.63) is 29.6 Å².